The van der Waals surface area contributed by atoms with E-state index in [2.05, 4.69) is 60.7 Å². The van der Waals surface area contributed by atoms with Crippen molar-refractivity contribution in [2.24, 2.45) is 0 Å². The van der Waals surface area contributed by atoms with Crippen molar-refractivity contribution >= 4 is 26.7 Å². The molecule has 0 aromatic heterocycles. The molecule has 26 heavy (non-hydrogen) atoms. The van der Waals surface area contributed by atoms with E-state index in [0.29, 0.717) is 11.1 Å². The van der Waals surface area contributed by atoms with Gasteiger partial charge in [-0.3, -0.25) is 0 Å². The fraction of sp³-hybridized carbons (Fsp3) is 0.913. The molecule has 0 saturated heterocycles. The van der Waals surface area contributed by atoms with Gasteiger partial charge in [0.25, 0.3) is 0 Å². The maximum absolute atomic E-state index is 6.80. The van der Waals surface area contributed by atoms with Crippen molar-refractivity contribution in [2.45, 2.75) is 130 Å². The Kier molecular flexibility index (Phi) is 10.5. The Morgan fingerprint density at radius 3 is 1.81 bits per heavy atom. The van der Waals surface area contributed by atoms with Crippen molar-refractivity contribution in [1.29, 1.82) is 0 Å². The van der Waals surface area contributed by atoms with E-state index < -0.39 is 26.7 Å². The molecule has 0 spiro atoms. The predicted octanol–water partition coefficient (Wildman–Crippen LogP) is 8.49. The summed E-state index contributed by atoms with van der Waals surface area (Å²) in [5.74, 6) is 0. The van der Waals surface area contributed by atoms with Gasteiger partial charge in [0, 0.05) is 0 Å². The zero-order valence-electron chi connectivity index (χ0n) is 19.3. The van der Waals surface area contributed by atoms with Crippen LogP contribution in [0.2, 0.25) is 31.4 Å². The van der Waals surface area contributed by atoms with Crippen LogP contribution in [0.5, 0.6) is 0 Å². The van der Waals surface area contributed by atoms with Crippen LogP contribution in [0.15, 0.2) is 9.67 Å². The Morgan fingerprint density at radius 2 is 1.42 bits per heavy atom. The number of rotatable bonds is 12. The average Bonchev–Trinajstić information content (AvgIpc) is 3.02. The van der Waals surface area contributed by atoms with E-state index in [9.17, 15) is 0 Å². The second kappa shape index (κ2) is 11.0. The molecule has 3 heteroatoms. The van der Waals surface area contributed by atoms with Crippen LogP contribution in [0.1, 0.15) is 92.9 Å². The van der Waals surface area contributed by atoms with Crippen LogP contribution in [-0.4, -0.2) is 32.8 Å². The van der Waals surface area contributed by atoms with Crippen LogP contribution in [0.25, 0.3) is 0 Å². The van der Waals surface area contributed by atoms with Crippen LogP contribution in [0.3, 0.4) is 0 Å². The van der Waals surface area contributed by atoms with Crippen molar-refractivity contribution in [3.63, 3.8) is 0 Å². The number of allylic oxidation sites excluding steroid dienone is 1. The zero-order valence-corrected chi connectivity index (χ0v) is 23.2. The molecule has 0 heterocycles. The summed E-state index contributed by atoms with van der Waals surface area (Å²) in [5, 5.41) is 0.316. The summed E-state index contributed by atoms with van der Waals surface area (Å²) in [7, 11) is -1.66. The SMILES string of the molecule is CCC[CH2][Sn]([CH2]CCC)([CH2]CCC)[C]1=CC(O[Si](C)(C)C(C)(C)C)CC1. The predicted molar refractivity (Wildman–Crippen MR) is 124 cm³/mol. The second-order valence-electron chi connectivity index (χ2n) is 10.2. The van der Waals surface area contributed by atoms with Gasteiger partial charge in [-0.1, -0.05) is 0 Å². The standard InChI is InChI=1S/C11H21OSi.3C4H9.Sn/c1-11(2,3)13(4,5)12-10-8-6-7-9-10;3*1-3-4-2;/h9-10H,6,8H2,1-5H3;3*1,3-4H2,2H3;. The molecule has 1 aliphatic rings. The molecule has 0 radical (unpaired) electrons. The van der Waals surface area contributed by atoms with Crippen molar-refractivity contribution in [1.82, 2.24) is 0 Å². The molecule has 0 N–H and O–H groups in total. The van der Waals surface area contributed by atoms with Crippen LogP contribution >= 0.6 is 0 Å². The first-order valence-electron chi connectivity index (χ1n) is 11.5. The average molecular weight is 487 g/mol. The Labute approximate surface area is 170 Å². The first-order chi connectivity index (χ1) is 12.1. The second-order valence-corrected chi connectivity index (χ2v) is 28.4. The zero-order chi connectivity index (χ0) is 19.8. The van der Waals surface area contributed by atoms with Gasteiger partial charge in [-0.25, -0.2) is 0 Å². The van der Waals surface area contributed by atoms with E-state index in [1.54, 1.807) is 13.3 Å². The third-order valence-electron chi connectivity index (χ3n) is 7.05. The third kappa shape index (κ3) is 6.95. The van der Waals surface area contributed by atoms with Gasteiger partial charge in [0.1, 0.15) is 0 Å². The molecule has 0 amide bonds. The number of hydrogen-bond donors (Lipinski definition) is 0. The minimum atomic E-state index is -2.19. The molecule has 1 atom stereocenters. The monoisotopic (exact) mass is 488 g/mol. The molecule has 0 aromatic rings. The van der Waals surface area contributed by atoms with E-state index in [4.69, 9.17) is 4.43 Å². The molecule has 0 fully saturated rings. The molecule has 0 aliphatic heterocycles. The Morgan fingerprint density at radius 1 is 0.962 bits per heavy atom. The molecular formula is C23H48OSiSn. The first-order valence-corrected chi connectivity index (χ1v) is 21.9. The van der Waals surface area contributed by atoms with Crippen molar-refractivity contribution in [3.05, 3.63) is 9.67 Å². The molecule has 0 aromatic carbocycles. The van der Waals surface area contributed by atoms with Crippen molar-refractivity contribution < 1.29 is 4.43 Å². The summed E-state index contributed by atoms with van der Waals surface area (Å²) in [4.78, 5) is 0. The van der Waals surface area contributed by atoms with Gasteiger partial charge < -0.3 is 0 Å². The normalized spacial score (nSPS) is 19.1. The molecule has 154 valence electrons. The number of hydrogen-bond acceptors (Lipinski definition) is 1. The van der Waals surface area contributed by atoms with Gasteiger partial charge in [0.15, 0.2) is 0 Å². The van der Waals surface area contributed by atoms with E-state index >= 15 is 0 Å². The third-order valence-corrected chi connectivity index (χ3v) is 27.8. The van der Waals surface area contributed by atoms with Crippen LogP contribution < -0.4 is 0 Å². The topological polar surface area (TPSA) is 9.23 Å². The van der Waals surface area contributed by atoms with E-state index in [1.165, 1.54) is 51.4 Å². The molecule has 0 bridgehead atoms. The van der Waals surface area contributed by atoms with E-state index in [0.717, 1.165) is 0 Å². The Hall–Kier alpha value is 0.716. The molecule has 1 rings (SSSR count). The van der Waals surface area contributed by atoms with Crippen LogP contribution in [0, 0.1) is 0 Å². The van der Waals surface area contributed by atoms with Crippen molar-refractivity contribution in [3.8, 4) is 0 Å². The van der Waals surface area contributed by atoms with Gasteiger partial charge in [0.05, 0.1) is 0 Å². The van der Waals surface area contributed by atoms with Gasteiger partial charge in [0.2, 0.25) is 0 Å². The van der Waals surface area contributed by atoms with Crippen molar-refractivity contribution in [2.75, 3.05) is 0 Å². The number of unbranched alkanes of at least 4 members (excludes halogenated alkanes) is 3. The molecule has 1 nitrogen and oxygen atoms in total. The summed E-state index contributed by atoms with van der Waals surface area (Å²) >= 11 is -2.19. The van der Waals surface area contributed by atoms with Gasteiger partial charge >= 0.3 is 171 Å². The van der Waals surface area contributed by atoms with Gasteiger partial charge in [-0.2, -0.15) is 0 Å². The summed E-state index contributed by atoms with van der Waals surface area (Å²) in [6.07, 6.45) is 14.2. The first kappa shape index (κ1) is 24.8. The molecule has 1 aliphatic carbocycles. The Balaban J connectivity index is 3.01. The molecule has 1 unspecified atom stereocenters. The van der Waals surface area contributed by atoms with E-state index in [1.807, 2.05) is 3.59 Å². The van der Waals surface area contributed by atoms with Crippen LogP contribution in [-0.2, 0) is 4.43 Å². The maximum atomic E-state index is 6.80. The Bertz CT molecular complexity index is 414. The summed E-state index contributed by atoms with van der Waals surface area (Å²) in [5.41, 5.74) is 0. The van der Waals surface area contributed by atoms with Crippen LogP contribution in [0.4, 0.5) is 0 Å². The summed E-state index contributed by atoms with van der Waals surface area (Å²) < 4.78 is 13.6. The van der Waals surface area contributed by atoms with Gasteiger partial charge in [-0.15, -0.1) is 0 Å². The summed E-state index contributed by atoms with van der Waals surface area (Å²) in [6, 6.07) is 0. The quantitative estimate of drug-likeness (QED) is 0.251. The molecular weight excluding hydrogens is 439 g/mol. The molecule has 0 saturated carbocycles. The fourth-order valence-corrected chi connectivity index (χ4v) is 22.7. The minimum absolute atomic E-state index is 0.316. The van der Waals surface area contributed by atoms with E-state index in [-0.39, 0.29) is 0 Å². The van der Waals surface area contributed by atoms with Gasteiger partial charge in [-0.05, 0) is 0 Å². The fourth-order valence-electron chi connectivity index (χ4n) is 4.18. The summed E-state index contributed by atoms with van der Waals surface area (Å²) in [6.45, 7) is 19.1.